The smallest absolute Gasteiger partial charge is 0.191 e. The summed E-state index contributed by atoms with van der Waals surface area (Å²) >= 11 is 3.44. The average molecular weight is 450 g/mol. The molecule has 0 amide bonds. The van der Waals surface area contributed by atoms with Crippen LogP contribution in [-0.2, 0) is 6.42 Å². The minimum absolute atomic E-state index is 0. The zero-order valence-electron chi connectivity index (χ0n) is 13.1. The van der Waals surface area contributed by atoms with E-state index >= 15 is 0 Å². The van der Waals surface area contributed by atoms with Crippen molar-refractivity contribution in [1.82, 2.24) is 15.6 Å². The van der Waals surface area contributed by atoms with Gasteiger partial charge in [0.25, 0.3) is 0 Å². The van der Waals surface area contributed by atoms with Crippen LogP contribution in [0.4, 0.5) is 0 Å². The van der Waals surface area contributed by atoms with E-state index in [9.17, 15) is 0 Å². The van der Waals surface area contributed by atoms with Gasteiger partial charge in [-0.05, 0) is 35.2 Å². The highest BCUT2D eigenvalue weighted by atomic mass is 127. The van der Waals surface area contributed by atoms with Crippen molar-refractivity contribution >= 4 is 52.6 Å². The van der Waals surface area contributed by atoms with Gasteiger partial charge < -0.3 is 10.6 Å². The predicted octanol–water partition coefficient (Wildman–Crippen LogP) is 3.64. The summed E-state index contributed by atoms with van der Waals surface area (Å²) in [6.45, 7) is 5.98. The van der Waals surface area contributed by atoms with Crippen molar-refractivity contribution in [3.8, 4) is 0 Å². The molecule has 7 heteroatoms. The third-order valence-electron chi connectivity index (χ3n) is 3.25. The third-order valence-corrected chi connectivity index (χ3v) is 4.78. The molecule has 0 fully saturated rings. The van der Waals surface area contributed by atoms with Gasteiger partial charge in [0, 0.05) is 31.9 Å². The van der Waals surface area contributed by atoms with Crippen LogP contribution in [0, 0.1) is 6.92 Å². The van der Waals surface area contributed by atoms with Gasteiger partial charge in [0.1, 0.15) is 0 Å². The molecule has 0 aromatic carbocycles. The summed E-state index contributed by atoms with van der Waals surface area (Å²) < 4.78 is 0. The molecule has 0 spiro atoms. The van der Waals surface area contributed by atoms with Crippen LogP contribution in [-0.4, -0.2) is 31.1 Å². The van der Waals surface area contributed by atoms with E-state index in [2.05, 4.69) is 49.7 Å². The summed E-state index contributed by atoms with van der Waals surface area (Å²) in [5.41, 5.74) is 2.52. The average Bonchev–Trinajstić information content (AvgIpc) is 3.14. The summed E-state index contributed by atoms with van der Waals surface area (Å²) in [5, 5.41) is 14.3. The number of rotatable bonds is 6. The van der Waals surface area contributed by atoms with Gasteiger partial charge in [-0.25, -0.2) is 4.98 Å². The van der Waals surface area contributed by atoms with Crippen LogP contribution in [0.3, 0.4) is 0 Å². The van der Waals surface area contributed by atoms with Gasteiger partial charge in [-0.3, -0.25) is 4.99 Å². The fourth-order valence-corrected chi connectivity index (χ4v) is 3.41. The molecule has 4 nitrogen and oxygen atoms in total. The highest BCUT2D eigenvalue weighted by Crippen LogP contribution is 2.16. The molecule has 1 atom stereocenters. The van der Waals surface area contributed by atoms with Crippen molar-refractivity contribution < 1.29 is 0 Å². The number of aryl methyl sites for hydroxylation is 1. The Morgan fingerprint density at radius 1 is 1.36 bits per heavy atom. The maximum Gasteiger partial charge on any atom is 0.191 e. The number of thiazole rings is 1. The van der Waals surface area contributed by atoms with E-state index < -0.39 is 0 Å². The Bertz CT molecular complexity index is 566. The lowest BCUT2D eigenvalue weighted by atomic mass is 10.1. The van der Waals surface area contributed by atoms with Crippen LogP contribution in [0.15, 0.2) is 27.2 Å². The van der Waals surface area contributed by atoms with Gasteiger partial charge in [0.2, 0.25) is 0 Å². The van der Waals surface area contributed by atoms with Crippen molar-refractivity contribution in [1.29, 1.82) is 0 Å². The molecule has 0 saturated carbocycles. The van der Waals surface area contributed by atoms with Gasteiger partial charge >= 0.3 is 0 Å². The van der Waals surface area contributed by atoms with Crippen LogP contribution in [0.5, 0.6) is 0 Å². The molecule has 2 heterocycles. The second kappa shape index (κ2) is 10.2. The van der Waals surface area contributed by atoms with E-state index in [0.717, 1.165) is 36.2 Å². The zero-order valence-corrected chi connectivity index (χ0v) is 17.1. The molecule has 0 aliphatic heterocycles. The molecule has 0 saturated heterocycles. The van der Waals surface area contributed by atoms with Gasteiger partial charge in [0.15, 0.2) is 5.96 Å². The molecule has 122 valence electrons. The molecule has 1 unspecified atom stereocenters. The van der Waals surface area contributed by atoms with Crippen LogP contribution in [0.25, 0.3) is 0 Å². The fraction of sp³-hybridized carbons (Fsp3) is 0.467. The van der Waals surface area contributed by atoms with Gasteiger partial charge in [-0.15, -0.1) is 35.3 Å². The van der Waals surface area contributed by atoms with E-state index in [1.165, 1.54) is 5.56 Å². The SMILES string of the molecule is CN=C(NCCc1csc(C)n1)NCC(C)c1ccsc1.I. The minimum atomic E-state index is 0. The first-order chi connectivity index (χ1) is 10.2. The van der Waals surface area contributed by atoms with Crippen LogP contribution in [0.1, 0.15) is 29.1 Å². The Labute approximate surface area is 157 Å². The van der Waals surface area contributed by atoms with E-state index in [1.807, 2.05) is 6.92 Å². The Morgan fingerprint density at radius 3 is 2.77 bits per heavy atom. The van der Waals surface area contributed by atoms with Crippen LogP contribution >= 0.6 is 46.7 Å². The number of aliphatic imine (C=N–C) groups is 1. The number of guanidine groups is 1. The number of hydrogen-bond acceptors (Lipinski definition) is 4. The molecule has 0 radical (unpaired) electrons. The summed E-state index contributed by atoms with van der Waals surface area (Å²) in [5.74, 6) is 1.33. The molecule has 2 aromatic rings. The Kier molecular flexibility index (Phi) is 8.96. The first kappa shape index (κ1) is 19.4. The monoisotopic (exact) mass is 450 g/mol. The molecule has 22 heavy (non-hydrogen) atoms. The molecule has 0 bridgehead atoms. The lowest BCUT2D eigenvalue weighted by molar-refractivity contribution is 0.698. The molecule has 0 aliphatic rings. The maximum absolute atomic E-state index is 4.46. The lowest BCUT2D eigenvalue weighted by Gasteiger charge is -2.15. The highest BCUT2D eigenvalue weighted by molar-refractivity contribution is 14.0. The fourth-order valence-electron chi connectivity index (χ4n) is 1.98. The number of thiophene rings is 1. The second-order valence-electron chi connectivity index (χ2n) is 4.95. The van der Waals surface area contributed by atoms with Crippen molar-refractivity contribution in [2.45, 2.75) is 26.2 Å². The molecular weight excluding hydrogens is 427 g/mol. The first-order valence-corrected chi connectivity index (χ1v) is 8.89. The summed E-state index contributed by atoms with van der Waals surface area (Å²) in [6.07, 6.45) is 0.922. The number of hydrogen-bond donors (Lipinski definition) is 2. The Hall–Kier alpha value is -0.670. The van der Waals surface area contributed by atoms with Gasteiger partial charge in [0.05, 0.1) is 10.7 Å². The normalized spacial score (nSPS) is 12.6. The van der Waals surface area contributed by atoms with E-state index in [1.54, 1.807) is 29.7 Å². The van der Waals surface area contributed by atoms with Gasteiger partial charge in [-0.2, -0.15) is 11.3 Å². The number of nitrogens with zero attached hydrogens (tertiary/aromatic N) is 2. The van der Waals surface area contributed by atoms with E-state index in [-0.39, 0.29) is 24.0 Å². The van der Waals surface area contributed by atoms with E-state index in [4.69, 9.17) is 0 Å². The molecule has 2 N–H and O–H groups in total. The standard InChI is InChI=1S/C15H22N4S2.HI/c1-11(13-5-7-20-9-13)8-18-15(16-3)17-6-4-14-10-21-12(2)19-14;/h5,7,9-11H,4,6,8H2,1-3H3,(H2,16,17,18);1H. The minimum Gasteiger partial charge on any atom is -0.356 e. The molecular formula is C15H23IN4S2. The highest BCUT2D eigenvalue weighted by Gasteiger charge is 2.07. The summed E-state index contributed by atoms with van der Waals surface area (Å²) in [7, 11) is 1.80. The van der Waals surface area contributed by atoms with Crippen molar-refractivity contribution in [2.24, 2.45) is 4.99 Å². The van der Waals surface area contributed by atoms with Crippen LogP contribution in [0.2, 0.25) is 0 Å². The molecule has 2 aromatic heterocycles. The van der Waals surface area contributed by atoms with Crippen LogP contribution < -0.4 is 10.6 Å². The summed E-state index contributed by atoms with van der Waals surface area (Å²) in [6, 6.07) is 2.18. The quantitative estimate of drug-likeness (QED) is 0.402. The maximum atomic E-state index is 4.46. The lowest BCUT2D eigenvalue weighted by Crippen LogP contribution is -2.39. The Morgan fingerprint density at radius 2 is 2.18 bits per heavy atom. The van der Waals surface area contributed by atoms with Gasteiger partial charge in [-0.1, -0.05) is 6.92 Å². The topological polar surface area (TPSA) is 49.3 Å². The predicted molar refractivity (Wildman–Crippen MR) is 108 cm³/mol. The molecule has 0 aliphatic carbocycles. The van der Waals surface area contributed by atoms with E-state index in [0.29, 0.717) is 5.92 Å². The first-order valence-electron chi connectivity index (χ1n) is 7.06. The van der Waals surface area contributed by atoms with Crippen molar-refractivity contribution in [3.05, 3.63) is 38.5 Å². The number of halogens is 1. The number of aromatic nitrogens is 1. The summed E-state index contributed by atoms with van der Waals surface area (Å²) in [4.78, 5) is 8.72. The third kappa shape index (κ3) is 6.21. The van der Waals surface area contributed by atoms with Crippen molar-refractivity contribution in [3.63, 3.8) is 0 Å². The Balaban J connectivity index is 0.00000242. The largest absolute Gasteiger partial charge is 0.356 e. The number of nitrogens with one attached hydrogen (secondary N) is 2. The van der Waals surface area contributed by atoms with Crippen molar-refractivity contribution in [2.75, 3.05) is 20.1 Å². The molecule has 2 rings (SSSR count). The second-order valence-corrected chi connectivity index (χ2v) is 6.79. The zero-order chi connectivity index (χ0) is 15.1.